The van der Waals surface area contributed by atoms with E-state index in [9.17, 15) is 0 Å². The number of aromatic nitrogens is 4. The summed E-state index contributed by atoms with van der Waals surface area (Å²) in [5.41, 5.74) is 8.02. The van der Waals surface area contributed by atoms with Crippen molar-refractivity contribution in [1.82, 2.24) is 14.1 Å². The molecule has 0 saturated heterocycles. The lowest BCUT2D eigenvalue weighted by atomic mass is 9.86. The van der Waals surface area contributed by atoms with Gasteiger partial charge in [-0.1, -0.05) is 71.9 Å². The summed E-state index contributed by atoms with van der Waals surface area (Å²) in [6, 6.07) is 34.3. The van der Waals surface area contributed by atoms with Crippen LogP contribution in [0.15, 0.2) is 110 Å². The molecule has 45 heavy (non-hydrogen) atoms. The number of benzene rings is 4. The van der Waals surface area contributed by atoms with Crippen LogP contribution >= 0.6 is 0 Å². The van der Waals surface area contributed by atoms with Gasteiger partial charge in [0.1, 0.15) is 23.0 Å². The zero-order chi connectivity index (χ0) is 30.8. The van der Waals surface area contributed by atoms with Crippen LogP contribution in [0.1, 0.15) is 52.7 Å². The van der Waals surface area contributed by atoms with Crippen molar-refractivity contribution in [1.29, 1.82) is 0 Å². The number of ether oxygens (including phenoxy) is 1. The minimum absolute atomic E-state index is 0. The van der Waals surface area contributed by atoms with E-state index in [-0.39, 0.29) is 34.8 Å². The maximum Gasteiger partial charge on any atom is 0.249 e. The molecule has 3 aromatic heterocycles. The Bertz CT molecular complexity index is 2190. The summed E-state index contributed by atoms with van der Waals surface area (Å²) >= 11 is 0. The lowest BCUT2D eigenvalue weighted by Gasteiger charge is -2.21. The predicted molar refractivity (Wildman–Crippen MR) is 181 cm³/mol. The van der Waals surface area contributed by atoms with Gasteiger partial charge in [0.25, 0.3) is 0 Å². The molecule has 0 aliphatic rings. The van der Waals surface area contributed by atoms with E-state index < -0.39 is 0 Å². The third kappa shape index (κ3) is 5.61. The molecular formula is C39H39IN4O. The van der Waals surface area contributed by atoms with Crippen LogP contribution in [-0.4, -0.2) is 14.1 Å². The fourth-order valence-corrected chi connectivity index (χ4v) is 6.09. The SMILES string of the molecule is C[n+]1cn(-c2cc(Oc3ccc4c5ccccc5n(-c5cc(C(C)(C)C)ccn5)c4c3)cc(C(C)(C)C)c2)c2ccccc21.[I-]. The molecule has 0 atom stereocenters. The van der Waals surface area contributed by atoms with Gasteiger partial charge in [-0.05, 0) is 76.6 Å². The molecule has 0 fully saturated rings. The summed E-state index contributed by atoms with van der Waals surface area (Å²) in [5.74, 6) is 2.50. The Hall–Kier alpha value is -4.17. The maximum absolute atomic E-state index is 6.71. The summed E-state index contributed by atoms with van der Waals surface area (Å²) in [4.78, 5) is 4.84. The average molecular weight is 707 g/mol. The largest absolute Gasteiger partial charge is 1.00 e. The molecule has 5 nitrogen and oxygen atoms in total. The number of hydrogen-bond acceptors (Lipinski definition) is 2. The molecule has 228 valence electrons. The third-order valence-corrected chi connectivity index (χ3v) is 8.57. The van der Waals surface area contributed by atoms with Gasteiger partial charge in [0.05, 0.1) is 18.1 Å². The summed E-state index contributed by atoms with van der Waals surface area (Å²) in [7, 11) is 2.09. The van der Waals surface area contributed by atoms with Gasteiger partial charge >= 0.3 is 0 Å². The first-order valence-electron chi connectivity index (χ1n) is 15.3. The topological polar surface area (TPSA) is 35.9 Å². The van der Waals surface area contributed by atoms with Gasteiger partial charge < -0.3 is 28.7 Å². The summed E-state index contributed by atoms with van der Waals surface area (Å²) < 4.78 is 13.4. The summed E-state index contributed by atoms with van der Waals surface area (Å²) in [6.07, 6.45) is 4.06. The minimum atomic E-state index is -0.0562. The molecule has 0 radical (unpaired) electrons. The van der Waals surface area contributed by atoms with Gasteiger partial charge in [-0.2, -0.15) is 4.57 Å². The molecule has 0 N–H and O–H groups in total. The Balaban J connectivity index is 0.00000357. The molecule has 7 aromatic rings. The first kappa shape index (κ1) is 30.8. The Morgan fingerprint density at radius 3 is 2.09 bits per heavy atom. The molecule has 0 spiro atoms. The van der Waals surface area contributed by atoms with E-state index in [1.807, 2.05) is 6.20 Å². The van der Waals surface area contributed by atoms with Crippen molar-refractivity contribution >= 4 is 32.8 Å². The number of rotatable bonds is 4. The van der Waals surface area contributed by atoms with Gasteiger partial charge in [0.15, 0.2) is 11.0 Å². The molecule has 0 bridgehead atoms. The lowest BCUT2D eigenvalue weighted by Crippen LogP contribution is -3.00. The van der Waals surface area contributed by atoms with Crippen LogP contribution in [0.2, 0.25) is 0 Å². The van der Waals surface area contributed by atoms with E-state index in [1.165, 1.54) is 27.4 Å². The van der Waals surface area contributed by atoms with Crippen LogP contribution < -0.4 is 33.3 Å². The zero-order valence-corrected chi connectivity index (χ0v) is 29.1. The van der Waals surface area contributed by atoms with E-state index in [0.717, 1.165) is 39.6 Å². The number of fused-ring (bicyclic) bond motifs is 4. The Morgan fingerprint density at radius 2 is 1.33 bits per heavy atom. The number of aryl methyl sites for hydroxylation is 1. The highest BCUT2D eigenvalue weighted by Crippen LogP contribution is 2.37. The van der Waals surface area contributed by atoms with Crippen molar-refractivity contribution in [2.24, 2.45) is 7.05 Å². The molecule has 3 heterocycles. The van der Waals surface area contributed by atoms with Crippen molar-refractivity contribution in [3.8, 4) is 23.0 Å². The summed E-state index contributed by atoms with van der Waals surface area (Å²) in [5, 5.41) is 2.37. The second-order valence-corrected chi connectivity index (χ2v) is 13.8. The third-order valence-electron chi connectivity index (χ3n) is 8.57. The Labute approximate surface area is 282 Å². The lowest BCUT2D eigenvalue weighted by molar-refractivity contribution is -0.645. The number of imidazole rings is 1. The van der Waals surface area contributed by atoms with Crippen molar-refractivity contribution in [2.75, 3.05) is 0 Å². The van der Waals surface area contributed by atoms with Crippen molar-refractivity contribution < 1.29 is 33.3 Å². The van der Waals surface area contributed by atoms with Crippen molar-refractivity contribution in [3.63, 3.8) is 0 Å². The number of nitrogens with zero attached hydrogens (tertiary/aromatic N) is 4. The molecule has 4 aromatic carbocycles. The Kier molecular flexibility index (Phi) is 7.76. The van der Waals surface area contributed by atoms with Crippen LogP contribution in [0.3, 0.4) is 0 Å². The molecule has 0 amide bonds. The van der Waals surface area contributed by atoms with E-state index >= 15 is 0 Å². The van der Waals surface area contributed by atoms with Gasteiger partial charge in [0, 0.05) is 29.1 Å². The van der Waals surface area contributed by atoms with Crippen LogP contribution in [0, 0.1) is 0 Å². The molecule has 0 aliphatic heterocycles. The van der Waals surface area contributed by atoms with Gasteiger partial charge in [-0.3, -0.25) is 4.57 Å². The van der Waals surface area contributed by atoms with Crippen molar-refractivity contribution in [2.45, 2.75) is 52.4 Å². The molecule has 6 heteroatoms. The van der Waals surface area contributed by atoms with Crippen LogP contribution in [-0.2, 0) is 17.9 Å². The highest BCUT2D eigenvalue weighted by atomic mass is 127. The predicted octanol–water partition coefficient (Wildman–Crippen LogP) is 6.34. The quantitative estimate of drug-likeness (QED) is 0.158. The van der Waals surface area contributed by atoms with E-state index in [0.29, 0.717) is 0 Å². The molecule has 0 saturated carbocycles. The van der Waals surface area contributed by atoms with Gasteiger partial charge in [0.2, 0.25) is 6.33 Å². The maximum atomic E-state index is 6.71. The molecular weight excluding hydrogens is 667 g/mol. The fourth-order valence-electron chi connectivity index (χ4n) is 6.09. The van der Waals surface area contributed by atoms with E-state index in [2.05, 4.69) is 166 Å². The fraction of sp³-hybridized carbons (Fsp3) is 0.231. The van der Waals surface area contributed by atoms with Gasteiger partial charge in [-0.15, -0.1) is 0 Å². The monoisotopic (exact) mass is 706 g/mol. The molecule has 0 aliphatic carbocycles. The smallest absolute Gasteiger partial charge is 0.249 e. The Morgan fingerprint density at radius 1 is 0.644 bits per heavy atom. The number of hydrogen-bond donors (Lipinski definition) is 0. The first-order valence-corrected chi connectivity index (χ1v) is 15.3. The summed E-state index contributed by atoms with van der Waals surface area (Å²) in [6.45, 7) is 13.4. The standard InChI is InChI=1S/C39H39N4O.HI/c1-38(2,3)26-18-19-40-37(22-26)43-33-13-9-8-12-31(33)32-17-16-29(24-36(32)43)44-30-21-27(39(4,5)6)20-28(23-30)42-25-41(7)34-14-10-11-15-35(34)42;/h8-25H,1-7H3;1H/q+1;/p-1. The van der Waals surface area contributed by atoms with Crippen LogP contribution in [0.25, 0.3) is 44.3 Å². The zero-order valence-electron chi connectivity index (χ0n) is 27.0. The highest BCUT2D eigenvalue weighted by molar-refractivity contribution is 6.09. The average Bonchev–Trinajstić information content (AvgIpc) is 3.51. The van der Waals surface area contributed by atoms with Gasteiger partial charge in [-0.25, -0.2) is 9.55 Å². The minimum Gasteiger partial charge on any atom is -1.00 e. The number of para-hydroxylation sites is 3. The van der Waals surface area contributed by atoms with Crippen molar-refractivity contribution in [3.05, 3.63) is 121 Å². The van der Waals surface area contributed by atoms with E-state index in [4.69, 9.17) is 9.72 Å². The molecule has 0 unspecified atom stereocenters. The normalized spacial score (nSPS) is 12.2. The number of pyridine rings is 1. The number of halogens is 1. The van der Waals surface area contributed by atoms with Crippen LogP contribution in [0.5, 0.6) is 11.5 Å². The first-order chi connectivity index (χ1) is 21.0. The van der Waals surface area contributed by atoms with Crippen LogP contribution in [0.4, 0.5) is 0 Å². The second kappa shape index (κ2) is 11.3. The van der Waals surface area contributed by atoms with E-state index in [1.54, 1.807) is 0 Å². The molecule has 7 rings (SSSR count). The highest BCUT2D eigenvalue weighted by Gasteiger charge is 2.22. The second-order valence-electron chi connectivity index (χ2n) is 13.8.